The second-order valence-corrected chi connectivity index (χ2v) is 7.73. The molecule has 1 amide bonds. The average Bonchev–Trinajstić information content (AvgIpc) is 3.50. The van der Waals surface area contributed by atoms with E-state index in [9.17, 15) is 4.79 Å². The molecule has 9 nitrogen and oxygen atoms in total. The van der Waals surface area contributed by atoms with Crippen LogP contribution in [0.25, 0.3) is 22.1 Å². The van der Waals surface area contributed by atoms with Crippen molar-refractivity contribution in [2.24, 2.45) is 10.2 Å². The third-order valence-electron chi connectivity index (χ3n) is 5.29. The van der Waals surface area contributed by atoms with Crippen LogP contribution in [0, 0.1) is 0 Å². The minimum Gasteiger partial charge on any atom is -0.337 e. The normalized spacial score (nSPS) is 12.3. The Morgan fingerprint density at radius 1 is 0.735 bits per heavy atom. The van der Waals surface area contributed by atoms with Crippen LogP contribution in [0.1, 0.15) is 35.9 Å². The van der Waals surface area contributed by atoms with Gasteiger partial charge >= 0.3 is 0 Å². The Morgan fingerprint density at radius 2 is 1.26 bits per heavy atom. The van der Waals surface area contributed by atoms with Crippen LogP contribution in [0.3, 0.4) is 0 Å². The molecule has 0 spiro atoms. The molecule has 5 rings (SSSR count). The molecule has 0 saturated carbocycles. The topological polar surface area (TPSA) is 123 Å². The number of para-hydroxylation sites is 4. The number of hydrazone groups is 2. The predicted molar refractivity (Wildman–Crippen MR) is 134 cm³/mol. The Bertz CT molecular complexity index is 1480. The molecule has 9 heteroatoms. The van der Waals surface area contributed by atoms with E-state index in [0.29, 0.717) is 28.6 Å². The van der Waals surface area contributed by atoms with Crippen molar-refractivity contribution in [3.63, 3.8) is 0 Å². The van der Waals surface area contributed by atoms with Crippen molar-refractivity contribution >= 4 is 45.1 Å². The number of carbonyl (C=O) groups is 1. The first-order valence-electron chi connectivity index (χ1n) is 10.7. The van der Waals surface area contributed by atoms with Crippen LogP contribution in [-0.2, 0) is 0 Å². The lowest BCUT2D eigenvalue weighted by Crippen LogP contribution is -2.19. The third-order valence-corrected chi connectivity index (χ3v) is 5.29. The number of aromatic amines is 2. The summed E-state index contributed by atoms with van der Waals surface area (Å²) in [5.41, 5.74) is 11.7. The first kappa shape index (κ1) is 21.1. The summed E-state index contributed by atoms with van der Waals surface area (Å²) >= 11 is 0. The summed E-state index contributed by atoms with van der Waals surface area (Å²) in [7, 11) is 0. The van der Waals surface area contributed by atoms with Gasteiger partial charge in [0.15, 0.2) is 11.6 Å². The zero-order chi connectivity index (χ0) is 23.5. The van der Waals surface area contributed by atoms with Crippen molar-refractivity contribution < 1.29 is 4.79 Å². The molecule has 3 aromatic carbocycles. The van der Waals surface area contributed by atoms with E-state index in [1.54, 1.807) is 31.2 Å². The number of imidazole rings is 2. The standard InChI is InChI=1S/C25H22N8O/c1-15(23-26-19-7-3-4-8-20(19)27-23)30-32-18-13-11-17(12-14-18)25(34)33-31-16(2)24-28-21-9-5-6-10-22(21)29-24/h3-14,32H,1-2H3,(H,26,27)(H,28,29)(H,33,34)/b30-15+,31-16+. The van der Waals surface area contributed by atoms with Gasteiger partial charge < -0.3 is 9.97 Å². The van der Waals surface area contributed by atoms with E-state index < -0.39 is 0 Å². The number of aromatic nitrogens is 4. The fraction of sp³-hybridized carbons (Fsp3) is 0.0800. The SMILES string of the molecule is C/C(=N\NC(=O)c1ccc(N/N=C(\C)c2nc3ccccc3[nH]2)cc1)c1nc2ccccc2[nH]1. The van der Waals surface area contributed by atoms with E-state index in [4.69, 9.17) is 0 Å². The number of hydrogen-bond donors (Lipinski definition) is 4. The molecule has 2 heterocycles. The highest BCUT2D eigenvalue weighted by Gasteiger charge is 2.08. The Morgan fingerprint density at radius 3 is 1.82 bits per heavy atom. The minimum atomic E-state index is -0.316. The fourth-order valence-electron chi connectivity index (χ4n) is 3.40. The molecule has 0 radical (unpaired) electrons. The molecule has 0 atom stereocenters. The summed E-state index contributed by atoms with van der Waals surface area (Å²) in [6.45, 7) is 3.65. The molecule has 5 aromatic rings. The number of rotatable bonds is 6. The van der Waals surface area contributed by atoms with E-state index in [2.05, 4.69) is 41.0 Å². The van der Waals surface area contributed by atoms with Crippen molar-refractivity contribution in [2.45, 2.75) is 13.8 Å². The van der Waals surface area contributed by atoms with Crippen molar-refractivity contribution in [3.05, 3.63) is 90.0 Å². The van der Waals surface area contributed by atoms with Gasteiger partial charge in [0.2, 0.25) is 0 Å². The van der Waals surface area contributed by atoms with E-state index in [-0.39, 0.29) is 5.91 Å². The summed E-state index contributed by atoms with van der Waals surface area (Å²) in [6, 6.07) is 22.5. The molecular formula is C25H22N8O. The zero-order valence-corrected chi connectivity index (χ0v) is 18.6. The number of fused-ring (bicyclic) bond motifs is 2. The molecule has 0 bridgehead atoms. The molecule has 34 heavy (non-hydrogen) atoms. The lowest BCUT2D eigenvalue weighted by atomic mass is 10.2. The van der Waals surface area contributed by atoms with Crippen molar-refractivity contribution in [3.8, 4) is 0 Å². The fourth-order valence-corrected chi connectivity index (χ4v) is 3.40. The van der Waals surface area contributed by atoms with Gasteiger partial charge in [-0.1, -0.05) is 24.3 Å². The summed E-state index contributed by atoms with van der Waals surface area (Å²) < 4.78 is 0. The summed E-state index contributed by atoms with van der Waals surface area (Å²) in [6.07, 6.45) is 0. The first-order chi connectivity index (χ1) is 16.6. The van der Waals surface area contributed by atoms with Crippen LogP contribution in [0.4, 0.5) is 5.69 Å². The second kappa shape index (κ2) is 8.99. The highest BCUT2D eigenvalue weighted by Crippen LogP contribution is 2.13. The van der Waals surface area contributed by atoms with Crippen LogP contribution in [0.5, 0.6) is 0 Å². The predicted octanol–water partition coefficient (Wildman–Crippen LogP) is 4.43. The molecule has 4 N–H and O–H groups in total. The van der Waals surface area contributed by atoms with Gasteiger partial charge in [-0.3, -0.25) is 10.2 Å². The maximum Gasteiger partial charge on any atom is 0.271 e. The van der Waals surface area contributed by atoms with Crippen LogP contribution < -0.4 is 10.9 Å². The van der Waals surface area contributed by atoms with Gasteiger partial charge in [-0.25, -0.2) is 15.4 Å². The average molecular weight is 451 g/mol. The number of benzene rings is 3. The van der Waals surface area contributed by atoms with Crippen molar-refractivity contribution in [2.75, 3.05) is 5.43 Å². The van der Waals surface area contributed by atoms with Gasteiger partial charge in [0.1, 0.15) is 11.4 Å². The van der Waals surface area contributed by atoms with Crippen LogP contribution in [0.2, 0.25) is 0 Å². The molecule has 2 aromatic heterocycles. The highest BCUT2D eigenvalue weighted by atomic mass is 16.2. The molecular weight excluding hydrogens is 428 g/mol. The maximum atomic E-state index is 12.5. The van der Waals surface area contributed by atoms with Crippen molar-refractivity contribution in [1.82, 2.24) is 25.4 Å². The largest absolute Gasteiger partial charge is 0.337 e. The quantitative estimate of drug-likeness (QED) is 0.226. The summed E-state index contributed by atoms with van der Waals surface area (Å²) in [5, 5.41) is 8.56. The number of carbonyl (C=O) groups excluding carboxylic acids is 1. The number of hydrogen-bond acceptors (Lipinski definition) is 6. The number of nitrogens with one attached hydrogen (secondary N) is 4. The lowest BCUT2D eigenvalue weighted by Gasteiger charge is -2.04. The third kappa shape index (κ3) is 4.40. The zero-order valence-electron chi connectivity index (χ0n) is 18.6. The molecule has 0 saturated heterocycles. The monoisotopic (exact) mass is 450 g/mol. The summed E-state index contributed by atoms with van der Waals surface area (Å²) in [5.74, 6) is 0.991. The molecule has 0 aliphatic heterocycles. The number of anilines is 1. The Balaban J connectivity index is 1.22. The van der Waals surface area contributed by atoms with E-state index in [1.165, 1.54) is 0 Å². The van der Waals surface area contributed by atoms with E-state index in [1.807, 2.05) is 55.5 Å². The minimum absolute atomic E-state index is 0.316. The van der Waals surface area contributed by atoms with E-state index in [0.717, 1.165) is 27.8 Å². The van der Waals surface area contributed by atoms with Crippen molar-refractivity contribution in [1.29, 1.82) is 0 Å². The highest BCUT2D eigenvalue weighted by molar-refractivity contribution is 6.00. The molecule has 0 fully saturated rings. The van der Waals surface area contributed by atoms with Crippen LogP contribution in [-0.4, -0.2) is 37.3 Å². The molecule has 0 aliphatic rings. The Labute approximate surface area is 195 Å². The number of amides is 1. The lowest BCUT2D eigenvalue weighted by molar-refractivity contribution is 0.0955. The van der Waals surface area contributed by atoms with Crippen LogP contribution >= 0.6 is 0 Å². The van der Waals surface area contributed by atoms with Gasteiger partial charge in [0.25, 0.3) is 5.91 Å². The van der Waals surface area contributed by atoms with Crippen LogP contribution in [0.15, 0.2) is 83.0 Å². The van der Waals surface area contributed by atoms with Gasteiger partial charge in [0, 0.05) is 5.56 Å². The Hall–Kier alpha value is -4.79. The Kier molecular flexibility index (Phi) is 5.57. The second-order valence-electron chi connectivity index (χ2n) is 7.73. The molecule has 168 valence electrons. The van der Waals surface area contributed by atoms with Gasteiger partial charge in [-0.05, 0) is 62.4 Å². The van der Waals surface area contributed by atoms with Gasteiger partial charge in [-0.2, -0.15) is 10.2 Å². The molecule has 0 unspecified atom stereocenters. The number of nitrogens with zero attached hydrogens (tertiary/aromatic N) is 4. The van der Waals surface area contributed by atoms with E-state index >= 15 is 0 Å². The smallest absolute Gasteiger partial charge is 0.271 e. The first-order valence-corrected chi connectivity index (χ1v) is 10.7. The van der Waals surface area contributed by atoms with Gasteiger partial charge in [0.05, 0.1) is 27.8 Å². The number of H-pyrrole nitrogens is 2. The molecule has 0 aliphatic carbocycles. The van der Waals surface area contributed by atoms with Gasteiger partial charge in [-0.15, -0.1) is 0 Å². The maximum absolute atomic E-state index is 12.5. The summed E-state index contributed by atoms with van der Waals surface area (Å²) in [4.78, 5) is 27.9.